The summed E-state index contributed by atoms with van der Waals surface area (Å²) in [6.45, 7) is 4.79. The molecule has 0 radical (unpaired) electrons. The molecule has 2 heterocycles. The lowest BCUT2D eigenvalue weighted by molar-refractivity contribution is -0.135. The second-order valence-electron chi connectivity index (χ2n) is 7.41. The minimum absolute atomic E-state index is 0.0317. The van der Waals surface area contributed by atoms with Crippen molar-refractivity contribution in [3.05, 3.63) is 89.7 Å². The van der Waals surface area contributed by atoms with Crippen LogP contribution in [0.25, 0.3) is 0 Å². The zero-order valence-electron chi connectivity index (χ0n) is 17.1. The van der Waals surface area contributed by atoms with E-state index in [1.54, 1.807) is 12.3 Å². The third-order valence-corrected chi connectivity index (χ3v) is 5.36. The fourth-order valence-electron chi connectivity index (χ4n) is 3.83. The van der Waals surface area contributed by atoms with Gasteiger partial charge in [-0.2, -0.15) is 0 Å². The summed E-state index contributed by atoms with van der Waals surface area (Å²) >= 11 is 0. The van der Waals surface area contributed by atoms with Crippen molar-refractivity contribution in [1.29, 1.82) is 0 Å². The number of nitrogens with zero attached hydrogens (tertiary/aromatic N) is 4. The lowest BCUT2D eigenvalue weighted by atomic mass is 9.96. The summed E-state index contributed by atoms with van der Waals surface area (Å²) in [5.74, 6) is -0.0317. The fraction of sp³-hybridized carbons (Fsp3) is 0.292. The Balaban J connectivity index is 1.39. The Labute approximate surface area is 177 Å². The molecule has 3 aromatic rings. The number of aryl methyl sites for hydroxylation is 1. The maximum Gasteiger partial charge on any atom is 0.317 e. The Hall–Kier alpha value is -3.25. The van der Waals surface area contributed by atoms with Gasteiger partial charge in [-0.05, 0) is 24.1 Å². The third-order valence-electron chi connectivity index (χ3n) is 5.36. The van der Waals surface area contributed by atoms with Gasteiger partial charge in [0.2, 0.25) is 0 Å². The molecule has 6 nitrogen and oxygen atoms in total. The zero-order valence-corrected chi connectivity index (χ0v) is 17.1. The first kappa shape index (κ1) is 20.0. The number of hydrogen-bond donors (Lipinski definition) is 0. The summed E-state index contributed by atoms with van der Waals surface area (Å²) in [7, 11) is 0. The summed E-state index contributed by atoms with van der Waals surface area (Å²) < 4.78 is 5.49. The molecular weight excluding hydrogens is 376 g/mol. The summed E-state index contributed by atoms with van der Waals surface area (Å²) in [6, 6.07) is 23.3. The van der Waals surface area contributed by atoms with Crippen LogP contribution in [-0.4, -0.2) is 58.5 Å². The Kier molecular flexibility index (Phi) is 6.35. The third kappa shape index (κ3) is 4.83. The maximum atomic E-state index is 12.6. The van der Waals surface area contributed by atoms with Gasteiger partial charge in [-0.15, -0.1) is 0 Å². The highest BCUT2D eigenvalue weighted by Crippen LogP contribution is 2.29. The van der Waals surface area contributed by atoms with E-state index < -0.39 is 0 Å². The van der Waals surface area contributed by atoms with Crippen molar-refractivity contribution in [3.8, 4) is 6.01 Å². The minimum Gasteiger partial charge on any atom is -0.453 e. The van der Waals surface area contributed by atoms with Gasteiger partial charge < -0.3 is 9.64 Å². The zero-order chi connectivity index (χ0) is 20.8. The van der Waals surface area contributed by atoms with Gasteiger partial charge in [-0.3, -0.25) is 9.69 Å². The van der Waals surface area contributed by atoms with Crippen LogP contribution < -0.4 is 4.74 Å². The van der Waals surface area contributed by atoms with E-state index in [2.05, 4.69) is 63.4 Å². The Morgan fingerprint density at radius 2 is 1.53 bits per heavy atom. The van der Waals surface area contributed by atoms with E-state index in [9.17, 15) is 4.79 Å². The normalized spacial score (nSPS) is 14.7. The van der Waals surface area contributed by atoms with Crippen LogP contribution in [0.1, 0.15) is 22.9 Å². The topological polar surface area (TPSA) is 58.6 Å². The van der Waals surface area contributed by atoms with E-state index in [1.165, 1.54) is 11.1 Å². The molecule has 0 saturated carbocycles. The van der Waals surface area contributed by atoms with Gasteiger partial charge in [0.1, 0.15) is 0 Å². The van der Waals surface area contributed by atoms with Crippen LogP contribution in [0.2, 0.25) is 0 Å². The molecule has 1 amide bonds. The van der Waals surface area contributed by atoms with Gasteiger partial charge in [-0.25, -0.2) is 9.97 Å². The largest absolute Gasteiger partial charge is 0.453 e. The molecule has 0 bridgehead atoms. The van der Waals surface area contributed by atoms with Gasteiger partial charge in [0.05, 0.1) is 6.04 Å². The van der Waals surface area contributed by atoms with Gasteiger partial charge in [0, 0.05) is 38.1 Å². The summed E-state index contributed by atoms with van der Waals surface area (Å²) in [4.78, 5) is 25.1. The van der Waals surface area contributed by atoms with Crippen molar-refractivity contribution in [3.63, 3.8) is 0 Å². The lowest BCUT2D eigenvalue weighted by Crippen LogP contribution is -2.51. The Morgan fingerprint density at radius 3 is 2.10 bits per heavy atom. The van der Waals surface area contributed by atoms with Crippen LogP contribution in [0, 0.1) is 6.92 Å². The highest BCUT2D eigenvalue weighted by atomic mass is 16.5. The molecule has 2 aromatic carbocycles. The molecule has 1 aromatic heterocycles. The number of carbonyl (C=O) groups is 1. The number of amides is 1. The van der Waals surface area contributed by atoms with Crippen molar-refractivity contribution >= 4 is 5.91 Å². The van der Waals surface area contributed by atoms with Crippen LogP contribution in [0.3, 0.4) is 0 Å². The highest BCUT2D eigenvalue weighted by molar-refractivity contribution is 5.77. The number of ether oxygens (including phenoxy) is 1. The fourth-order valence-corrected chi connectivity index (χ4v) is 3.83. The van der Waals surface area contributed by atoms with Crippen molar-refractivity contribution in [1.82, 2.24) is 19.8 Å². The molecule has 1 saturated heterocycles. The predicted octanol–water partition coefficient (Wildman–Crippen LogP) is 3.10. The molecule has 30 heavy (non-hydrogen) atoms. The number of aromatic nitrogens is 2. The number of carbonyl (C=O) groups excluding carboxylic acids is 1. The number of benzene rings is 2. The average Bonchev–Trinajstić information content (AvgIpc) is 2.80. The van der Waals surface area contributed by atoms with Crippen molar-refractivity contribution < 1.29 is 9.53 Å². The van der Waals surface area contributed by atoms with Crippen LogP contribution in [-0.2, 0) is 4.79 Å². The quantitative estimate of drug-likeness (QED) is 0.634. The number of rotatable bonds is 6. The predicted molar refractivity (Wildman–Crippen MR) is 115 cm³/mol. The van der Waals surface area contributed by atoms with Crippen LogP contribution in [0.4, 0.5) is 0 Å². The SMILES string of the molecule is Cc1ccnc(OCC(=O)N2CCN(C(c3ccccc3)c3ccccc3)CC2)n1. The monoisotopic (exact) mass is 402 g/mol. The van der Waals surface area contributed by atoms with E-state index in [0.717, 1.165) is 18.8 Å². The van der Waals surface area contributed by atoms with Crippen molar-refractivity contribution in [2.24, 2.45) is 0 Å². The lowest BCUT2D eigenvalue weighted by Gasteiger charge is -2.39. The smallest absolute Gasteiger partial charge is 0.317 e. The first-order valence-electron chi connectivity index (χ1n) is 10.2. The van der Waals surface area contributed by atoms with Crippen LogP contribution in [0.15, 0.2) is 72.9 Å². The summed E-state index contributed by atoms with van der Waals surface area (Å²) in [5, 5.41) is 0. The molecule has 0 unspecified atom stereocenters. The standard InChI is InChI=1S/C24H26N4O2/c1-19-12-13-25-24(26-19)30-18-22(29)27-14-16-28(17-15-27)23(20-8-4-2-5-9-20)21-10-6-3-7-11-21/h2-13,23H,14-18H2,1H3. The first-order chi connectivity index (χ1) is 14.7. The summed E-state index contributed by atoms with van der Waals surface area (Å²) in [6.07, 6.45) is 1.63. The molecule has 0 atom stereocenters. The number of hydrogen-bond acceptors (Lipinski definition) is 5. The maximum absolute atomic E-state index is 12.6. The minimum atomic E-state index is -0.0374. The Morgan fingerprint density at radius 1 is 0.933 bits per heavy atom. The Bertz CT molecular complexity index is 918. The van der Waals surface area contributed by atoms with E-state index in [-0.39, 0.29) is 24.6 Å². The van der Waals surface area contributed by atoms with E-state index in [1.807, 2.05) is 24.0 Å². The van der Waals surface area contributed by atoms with E-state index >= 15 is 0 Å². The van der Waals surface area contributed by atoms with Gasteiger partial charge >= 0.3 is 6.01 Å². The van der Waals surface area contributed by atoms with Gasteiger partial charge in [-0.1, -0.05) is 60.7 Å². The molecule has 0 spiro atoms. The molecule has 1 aliphatic heterocycles. The second-order valence-corrected chi connectivity index (χ2v) is 7.41. The van der Waals surface area contributed by atoms with Crippen LogP contribution in [0.5, 0.6) is 6.01 Å². The van der Waals surface area contributed by atoms with Gasteiger partial charge in [0.15, 0.2) is 6.61 Å². The first-order valence-corrected chi connectivity index (χ1v) is 10.2. The number of piperazine rings is 1. The van der Waals surface area contributed by atoms with Crippen molar-refractivity contribution in [2.45, 2.75) is 13.0 Å². The molecule has 6 heteroatoms. The molecular formula is C24H26N4O2. The van der Waals surface area contributed by atoms with Crippen molar-refractivity contribution in [2.75, 3.05) is 32.8 Å². The average molecular weight is 402 g/mol. The molecule has 0 N–H and O–H groups in total. The molecule has 1 fully saturated rings. The van der Waals surface area contributed by atoms with Crippen LogP contribution >= 0.6 is 0 Å². The molecule has 1 aliphatic rings. The van der Waals surface area contributed by atoms with Gasteiger partial charge in [0.25, 0.3) is 5.91 Å². The molecule has 4 rings (SSSR count). The molecule has 154 valence electrons. The van der Waals surface area contributed by atoms with E-state index in [4.69, 9.17) is 4.74 Å². The second kappa shape index (κ2) is 9.50. The highest BCUT2D eigenvalue weighted by Gasteiger charge is 2.28. The van der Waals surface area contributed by atoms with E-state index in [0.29, 0.717) is 13.1 Å². The summed E-state index contributed by atoms with van der Waals surface area (Å²) in [5.41, 5.74) is 3.35. The molecule has 0 aliphatic carbocycles.